The minimum Gasteiger partial charge on any atom is -0.449 e. The van der Waals surface area contributed by atoms with E-state index >= 15 is 0 Å². The molecular weight excluding hydrogens is 378 g/mol. The quantitative estimate of drug-likeness (QED) is 0.770. The maximum Gasteiger partial charge on any atom is 0.201 e. The van der Waals surface area contributed by atoms with Crippen LogP contribution in [0.2, 0.25) is 0 Å². The van der Waals surface area contributed by atoms with Crippen molar-refractivity contribution in [2.45, 2.75) is 76.7 Å². The van der Waals surface area contributed by atoms with Gasteiger partial charge in [0, 0.05) is 13.0 Å². The Kier molecular flexibility index (Phi) is 5.34. The Morgan fingerprint density at radius 1 is 1.17 bits per heavy atom. The maximum absolute atomic E-state index is 13.2. The fourth-order valence-electron chi connectivity index (χ4n) is 8.50. The first kappa shape index (κ1) is 20.7. The number of carbonyl (C=O) groups is 1. The number of hydrogen-bond donors (Lipinski definition) is 1. The van der Waals surface area contributed by atoms with Crippen molar-refractivity contribution in [3.63, 3.8) is 0 Å². The van der Waals surface area contributed by atoms with Crippen LogP contribution in [0.4, 0.5) is 0 Å². The third kappa shape index (κ3) is 3.37. The molecule has 4 saturated carbocycles. The molecule has 1 N–H and O–H groups in total. The molecule has 0 saturated heterocycles. The third-order valence-electron chi connectivity index (χ3n) is 9.71. The van der Waals surface area contributed by atoms with Crippen LogP contribution in [0.3, 0.4) is 0 Å². The zero-order chi connectivity index (χ0) is 20.9. The van der Waals surface area contributed by atoms with Crippen molar-refractivity contribution in [1.82, 2.24) is 4.98 Å². The van der Waals surface area contributed by atoms with E-state index in [0.29, 0.717) is 36.5 Å². The minimum absolute atomic E-state index is 0.142. The normalized spacial score (nSPS) is 45.4. The standard InChI is InChI=1S/C25H37NO4/c1-24-9-7-18-17-8-10-25(28,15-29-2)14-16(17)3-4-19(18)20(24)5-6-21(24)22(27)13-23-26-11-12-30-23/h11-12,16-21,28H,3-10,13-15H2,1-2H3. The summed E-state index contributed by atoms with van der Waals surface area (Å²) in [6.07, 6.45) is 13.6. The van der Waals surface area contributed by atoms with E-state index < -0.39 is 5.60 Å². The largest absolute Gasteiger partial charge is 0.449 e. The molecule has 30 heavy (non-hydrogen) atoms. The van der Waals surface area contributed by atoms with Gasteiger partial charge in [-0.1, -0.05) is 6.92 Å². The summed E-state index contributed by atoms with van der Waals surface area (Å²) in [5, 5.41) is 10.9. The van der Waals surface area contributed by atoms with Crippen molar-refractivity contribution in [1.29, 1.82) is 0 Å². The van der Waals surface area contributed by atoms with Crippen LogP contribution >= 0.6 is 0 Å². The molecule has 0 aromatic carbocycles. The number of Topliss-reactive ketones (excluding diaryl/α,β-unsaturated/α-hetero) is 1. The van der Waals surface area contributed by atoms with Crippen molar-refractivity contribution < 1.29 is 19.1 Å². The summed E-state index contributed by atoms with van der Waals surface area (Å²) in [6, 6.07) is 0. The molecule has 1 heterocycles. The van der Waals surface area contributed by atoms with Gasteiger partial charge in [0.25, 0.3) is 0 Å². The molecule has 0 aliphatic heterocycles. The predicted octanol–water partition coefficient (Wildman–Crippen LogP) is 4.43. The van der Waals surface area contributed by atoms with E-state index in [1.165, 1.54) is 32.1 Å². The Morgan fingerprint density at radius 2 is 2.00 bits per heavy atom. The lowest BCUT2D eigenvalue weighted by molar-refractivity contribution is -0.136. The van der Waals surface area contributed by atoms with E-state index in [1.807, 2.05) is 0 Å². The second-order valence-corrected chi connectivity index (χ2v) is 11.1. The highest BCUT2D eigenvalue weighted by Crippen LogP contribution is 2.64. The summed E-state index contributed by atoms with van der Waals surface area (Å²) in [4.78, 5) is 17.3. The number of oxazole rings is 1. The number of carbonyl (C=O) groups excluding carboxylic acids is 1. The highest BCUT2D eigenvalue weighted by molar-refractivity contribution is 5.83. The maximum atomic E-state index is 13.2. The summed E-state index contributed by atoms with van der Waals surface area (Å²) in [7, 11) is 1.70. The van der Waals surface area contributed by atoms with Gasteiger partial charge in [0.05, 0.1) is 24.8 Å². The number of ether oxygens (including phenoxy) is 1. The van der Waals surface area contributed by atoms with Crippen molar-refractivity contribution >= 4 is 5.78 Å². The van der Waals surface area contributed by atoms with Crippen LogP contribution in [-0.4, -0.2) is 35.2 Å². The highest BCUT2D eigenvalue weighted by atomic mass is 16.5. The van der Waals surface area contributed by atoms with Crippen LogP contribution in [0, 0.1) is 40.9 Å². The average molecular weight is 416 g/mol. The number of aromatic nitrogens is 1. The zero-order valence-corrected chi connectivity index (χ0v) is 18.5. The average Bonchev–Trinajstić information content (AvgIpc) is 3.34. The van der Waals surface area contributed by atoms with E-state index in [-0.39, 0.29) is 11.3 Å². The molecule has 0 bridgehead atoms. The molecule has 0 spiro atoms. The number of methoxy groups -OCH3 is 1. The third-order valence-corrected chi connectivity index (χ3v) is 9.71. The van der Waals surface area contributed by atoms with Gasteiger partial charge < -0.3 is 14.3 Å². The number of hydrogen-bond acceptors (Lipinski definition) is 5. The first-order chi connectivity index (χ1) is 14.4. The predicted molar refractivity (Wildman–Crippen MR) is 113 cm³/mol. The van der Waals surface area contributed by atoms with Gasteiger partial charge in [-0.25, -0.2) is 4.98 Å². The molecule has 0 radical (unpaired) electrons. The monoisotopic (exact) mass is 415 g/mol. The lowest BCUT2D eigenvalue weighted by Crippen LogP contribution is -2.52. The lowest BCUT2D eigenvalue weighted by atomic mass is 9.49. The van der Waals surface area contributed by atoms with E-state index in [9.17, 15) is 9.90 Å². The van der Waals surface area contributed by atoms with Gasteiger partial charge >= 0.3 is 0 Å². The van der Waals surface area contributed by atoms with E-state index in [2.05, 4.69) is 11.9 Å². The Balaban J connectivity index is 1.29. The van der Waals surface area contributed by atoms with Crippen LogP contribution < -0.4 is 0 Å². The SMILES string of the molecule is COCC1(O)CCC2C(CCC3C2CCC2(C)C(C(=O)Cc4ncco4)CCC32)C1. The van der Waals surface area contributed by atoms with E-state index in [1.54, 1.807) is 19.6 Å². The lowest BCUT2D eigenvalue weighted by Gasteiger charge is -2.57. The summed E-state index contributed by atoms with van der Waals surface area (Å²) in [6.45, 7) is 2.88. The molecule has 166 valence electrons. The molecule has 1 aromatic heterocycles. The second-order valence-electron chi connectivity index (χ2n) is 11.1. The molecule has 5 rings (SSSR count). The molecule has 1 aromatic rings. The molecule has 5 nitrogen and oxygen atoms in total. The number of nitrogens with zero attached hydrogens (tertiary/aromatic N) is 1. The Morgan fingerprint density at radius 3 is 2.77 bits per heavy atom. The number of aliphatic hydroxyl groups is 1. The van der Waals surface area contributed by atoms with Crippen molar-refractivity contribution in [3.8, 4) is 0 Å². The smallest absolute Gasteiger partial charge is 0.201 e. The van der Waals surface area contributed by atoms with Gasteiger partial charge in [-0.2, -0.15) is 0 Å². The van der Waals surface area contributed by atoms with Crippen LogP contribution in [0.5, 0.6) is 0 Å². The van der Waals surface area contributed by atoms with Crippen LogP contribution in [0.1, 0.15) is 70.6 Å². The van der Waals surface area contributed by atoms with Crippen LogP contribution in [0.25, 0.3) is 0 Å². The highest BCUT2D eigenvalue weighted by Gasteiger charge is 2.59. The molecular formula is C25H37NO4. The van der Waals surface area contributed by atoms with Gasteiger partial charge in [-0.05, 0) is 92.8 Å². The van der Waals surface area contributed by atoms with E-state index in [4.69, 9.17) is 9.15 Å². The number of ketones is 1. The fraction of sp³-hybridized carbons (Fsp3) is 0.840. The molecule has 4 aliphatic rings. The van der Waals surface area contributed by atoms with Crippen molar-refractivity contribution in [2.24, 2.45) is 40.9 Å². The molecule has 4 aliphatic carbocycles. The van der Waals surface area contributed by atoms with Gasteiger partial charge in [0.15, 0.2) is 0 Å². The van der Waals surface area contributed by atoms with Crippen LogP contribution in [-0.2, 0) is 16.0 Å². The van der Waals surface area contributed by atoms with Crippen molar-refractivity contribution in [3.05, 3.63) is 18.4 Å². The van der Waals surface area contributed by atoms with Gasteiger partial charge in [0.1, 0.15) is 12.0 Å². The summed E-state index contributed by atoms with van der Waals surface area (Å²) >= 11 is 0. The Labute approximate surface area is 180 Å². The Hall–Kier alpha value is -1.20. The number of rotatable bonds is 5. The van der Waals surface area contributed by atoms with E-state index in [0.717, 1.165) is 43.4 Å². The molecule has 8 atom stereocenters. The van der Waals surface area contributed by atoms with Gasteiger partial charge in [0.2, 0.25) is 5.89 Å². The molecule has 8 unspecified atom stereocenters. The van der Waals surface area contributed by atoms with Gasteiger partial charge in [-0.15, -0.1) is 0 Å². The first-order valence-electron chi connectivity index (χ1n) is 12.1. The van der Waals surface area contributed by atoms with Crippen LogP contribution in [0.15, 0.2) is 16.9 Å². The minimum atomic E-state index is -0.614. The number of fused-ring (bicyclic) bond motifs is 5. The fourth-order valence-corrected chi connectivity index (χ4v) is 8.50. The topological polar surface area (TPSA) is 72.6 Å². The molecule has 5 heteroatoms. The molecule has 4 fully saturated rings. The second kappa shape index (κ2) is 7.74. The van der Waals surface area contributed by atoms with Gasteiger partial charge in [-0.3, -0.25) is 4.79 Å². The summed E-state index contributed by atoms with van der Waals surface area (Å²) in [5.74, 6) is 4.68. The summed E-state index contributed by atoms with van der Waals surface area (Å²) in [5.41, 5.74) is -0.472. The van der Waals surface area contributed by atoms with Crippen molar-refractivity contribution in [2.75, 3.05) is 13.7 Å². The first-order valence-corrected chi connectivity index (χ1v) is 12.1. The molecule has 0 amide bonds. The Bertz CT molecular complexity index is 763. The summed E-state index contributed by atoms with van der Waals surface area (Å²) < 4.78 is 10.7. The zero-order valence-electron chi connectivity index (χ0n) is 18.5.